The number of fused-ring (bicyclic) bond motifs is 2. The first kappa shape index (κ1) is 20.9. The van der Waals surface area contributed by atoms with E-state index in [4.69, 9.17) is 21.6 Å². The van der Waals surface area contributed by atoms with Gasteiger partial charge in [-0.15, -0.1) is 0 Å². The number of ketones is 1. The Hall–Kier alpha value is -2.96. The first-order chi connectivity index (χ1) is 15.6. The molecule has 0 unspecified atom stereocenters. The average molecular weight is 462 g/mol. The van der Waals surface area contributed by atoms with E-state index in [-0.39, 0.29) is 17.1 Å². The Bertz CT molecular complexity index is 1390. The van der Waals surface area contributed by atoms with Crippen molar-refractivity contribution in [3.8, 4) is 5.69 Å². The predicted octanol–water partition coefficient (Wildman–Crippen LogP) is 5.29. The van der Waals surface area contributed by atoms with Crippen molar-refractivity contribution in [3.63, 3.8) is 0 Å². The van der Waals surface area contributed by atoms with Gasteiger partial charge < -0.3 is 0 Å². The van der Waals surface area contributed by atoms with Crippen LogP contribution in [0.25, 0.3) is 16.7 Å². The lowest BCUT2D eigenvalue weighted by molar-refractivity contribution is 0.102. The summed E-state index contributed by atoms with van der Waals surface area (Å²) in [5.41, 5.74) is 3.62. The Morgan fingerprint density at radius 2 is 1.81 bits per heavy atom. The molecule has 0 spiro atoms. The third-order valence-corrected chi connectivity index (χ3v) is 6.78. The van der Waals surface area contributed by atoms with Crippen molar-refractivity contribution >= 4 is 40.2 Å². The molecule has 0 amide bonds. The van der Waals surface area contributed by atoms with Crippen LogP contribution in [0.5, 0.6) is 0 Å². The number of benzene rings is 2. The van der Waals surface area contributed by atoms with Crippen LogP contribution in [0, 0.1) is 0 Å². The summed E-state index contributed by atoms with van der Waals surface area (Å²) in [4.78, 5) is 35.8. The van der Waals surface area contributed by atoms with Crippen molar-refractivity contribution in [1.29, 1.82) is 0 Å². The van der Waals surface area contributed by atoms with Gasteiger partial charge in [-0.3, -0.25) is 14.2 Å². The molecule has 5 nitrogen and oxygen atoms in total. The van der Waals surface area contributed by atoms with Crippen LogP contribution >= 0.6 is 23.4 Å². The Labute approximate surface area is 194 Å². The molecule has 1 aliphatic carbocycles. The number of thioether (sulfide) groups is 1. The molecule has 0 saturated heterocycles. The molecule has 0 atom stereocenters. The maximum atomic E-state index is 13.6. The molecule has 0 aliphatic heterocycles. The van der Waals surface area contributed by atoms with Crippen molar-refractivity contribution in [1.82, 2.24) is 14.5 Å². The van der Waals surface area contributed by atoms with E-state index in [0.717, 1.165) is 36.9 Å². The van der Waals surface area contributed by atoms with E-state index in [0.29, 0.717) is 32.5 Å². The standard InChI is InChI=1S/C25H20ClN3O2S/c26-18-10-6-11-19(14-18)29-24(31)20-13-17-9-4-5-12-21(17)27-23(20)28-25(29)32-15-22(30)16-7-2-1-3-8-16/h1-3,6-8,10-11,13-14H,4-5,9,12,15H2. The maximum absolute atomic E-state index is 13.6. The summed E-state index contributed by atoms with van der Waals surface area (Å²) in [6.45, 7) is 0. The van der Waals surface area contributed by atoms with Crippen molar-refractivity contribution < 1.29 is 4.79 Å². The zero-order valence-electron chi connectivity index (χ0n) is 17.3. The highest BCUT2D eigenvalue weighted by Gasteiger charge is 2.19. The summed E-state index contributed by atoms with van der Waals surface area (Å²) in [6, 6.07) is 18.2. The monoisotopic (exact) mass is 461 g/mol. The van der Waals surface area contributed by atoms with Gasteiger partial charge in [0, 0.05) is 16.3 Å². The number of Topliss-reactive ketones (excluding diaryl/α,β-unsaturated/α-hetero) is 1. The topological polar surface area (TPSA) is 64.8 Å². The molecule has 5 rings (SSSR count). The summed E-state index contributed by atoms with van der Waals surface area (Å²) < 4.78 is 1.54. The van der Waals surface area contributed by atoms with Gasteiger partial charge >= 0.3 is 0 Å². The fourth-order valence-electron chi connectivity index (χ4n) is 3.99. The van der Waals surface area contributed by atoms with E-state index in [1.807, 2.05) is 30.3 Å². The predicted molar refractivity (Wildman–Crippen MR) is 128 cm³/mol. The third-order valence-electron chi connectivity index (χ3n) is 5.60. The van der Waals surface area contributed by atoms with Gasteiger partial charge in [-0.05, 0) is 55.5 Å². The van der Waals surface area contributed by atoms with Crippen LogP contribution in [-0.2, 0) is 12.8 Å². The molecule has 4 aromatic rings. The van der Waals surface area contributed by atoms with Crippen LogP contribution < -0.4 is 5.56 Å². The van der Waals surface area contributed by atoms with Crippen LogP contribution in [-0.4, -0.2) is 26.1 Å². The molecule has 160 valence electrons. The molecular weight excluding hydrogens is 442 g/mol. The number of aromatic nitrogens is 3. The molecule has 0 saturated carbocycles. The lowest BCUT2D eigenvalue weighted by Gasteiger charge is -2.17. The number of aryl methyl sites for hydroxylation is 2. The molecule has 0 bridgehead atoms. The Balaban J connectivity index is 1.63. The van der Waals surface area contributed by atoms with Crippen molar-refractivity contribution in [2.45, 2.75) is 30.8 Å². The largest absolute Gasteiger partial charge is 0.293 e. The molecular formula is C25H20ClN3O2S. The Morgan fingerprint density at radius 3 is 2.62 bits per heavy atom. The molecule has 2 heterocycles. The minimum atomic E-state index is -0.201. The number of carbonyl (C=O) groups excluding carboxylic acids is 1. The van der Waals surface area contributed by atoms with Gasteiger partial charge in [0.1, 0.15) is 0 Å². The number of hydrogen-bond acceptors (Lipinski definition) is 5. The van der Waals surface area contributed by atoms with Crippen LogP contribution in [0.4, 0.5) is 0 Å². The second kappa shape index (κ2) is 8.88. The SMILES string of the molecule is O=C(CSc1nc2nc3c(cc2c(=O)n1-c1cccc(Cl)c1)CCCC3)c1ccccc1. The van der Waals surface area contributed by atoms with E-state index in [9.17, 15) is 9.59 Å². The van der Waals surface area contributed by atoms with Gasteiger partial charge in [-0.2, -0.15) is 0 Å². The molecule has 0 N–H and O–H groups in total. The molecule has 0 radical (unpaired) electrons. The zero-order valence-corrected chi connectivity index (χ0v) is 18.8. The van der Waals surface area contributed by atoms with Gasteiger partial charge in [0.2, 0.25) is 0 Å². The number of nitrogens with zero attached hydrogens (tertiary/aromatic N) is 3. The van der Waals surface area contributed by atoms with Gasteiger partial charge in [0.05, 0.1) is 16.8 Å². The van der Waals surface area contributed by atoms with Crippen molar-refractivity contribution in [2.24, 2.45) is 0 Å². The highest BCUT2D eigenvalue weighted by molar-refractivity contribution is 7.99. The van der Waals surface area contributed by atoms with E-state index in [2.05, 4.69) is 0 Å². The smallest absolute Gasteiger partial charge is 0.268 e. The fourth-order valence-corrected chi connectivity index (χ4v) is 5.07. The summed E-state index contributed by atoms with van der Waals surface area (Å²) in [6.07, 6.45) is 4.03. The molecule has 2 aromatic heterocycles. The maximum Gasteiger partial charge on any atom is 0.268 e. The first-order valence-electron chi connectivity index (χ1n) is 10.5. The lowest BCUT2D eigenvalue weighted by Crippen LogP contribution is -2.23. The van der Waals surface area contributed by atoms with Gasteiger partial charge in [-0.1, -0.05) is 59.8 Å². The van der Waals surface area contributed by atoms with Crippen LogP contribution in [0.1, 0.15) is 34.5 Å². The lowest BCUT2D eigenvalue weighted by atomic mass is 9.95. The van der Waals surface area contributed by atoms with Gasteiger partial charge in [-0.25, -0.2) is 9.97 Å². The summed E-state index contributed by atoms with van der Waals surface area (Å²) in [5, 5.41) is 1.44. The van der Waals surface area contributed by atoms with Crippen LogP contribution in [0.3, 0.4) is 0 Å². The Kier molecular flexibility index (Phi) is 5.81. The summed E-state index contributed by atoms with van der Waals surface area (Å²) in [7, 11) is 0. The van der Waals surface area contributed by atoms with Crippen molar-refractivity contribution in [2.75, 3.05) is 5.75 Å². The number of pyridine rings is 1. The van der Waals surface area contributed by atoms with Gasteiger partial charge in [0.15, 0.2) is 16.6 Å². The third kappa shape index (κ3) is 4.08. The van der Waals surface area contributed by atoms with E-state index in [1.165, 1.54) is 16.3 Å². The van der Waals surface area contributed by atoms with E-state index >= 15 is 0 Å². The minimum absolute atomic E-state index is 0.0269. The summed E-state index contributed by atoms with van der Waals surface area (Å²) >= 11 is 7.45. The normalized spacial score (nSPS) is 13.2. The first-order valence-corrected chi connectivity index (χ1v) is 11.9. The van der Waals surface area contributed by atoms with Gasteiger partial charge in [0.25, 0.3) is 5.56 Å². The average Bonchev–Trinajstić information content (AvgIpc) is 2.82. The van der Waals surface area contributed by atoms with E-state index < -0.39 is 0 Å². The number of rotatable bonds is 5. The molecule has 2 aromatic carbocycles. The van der Waals surface area contributed by atoms with Crippen LogP contribution in [0.15, 0.2) is 70.6 Å². The highest BCUT2D eigenvalue weighted by atomic mass is 35.5. The highest BCUT2D eigenvalue weighted by Crippen LogP contribution is 2.26. The molecule has 7 heteroatoms. The van der Waals surface area contributed by atoms with E-state index in [1.54, 1.807) is 30.3 Å². The second-order valence-corrected chi connectivity index (χ2v) is 9.14. The quantitative estimate of drug-likeness (QED) is 0.229. The zero-order chi connectivity index (χ0) is 22.1. The molecule has 1 aliphatic rings. The van der Waals surface area contributed by atoms with Crippen LogP contribution in [0.2, 0.25) is 5.02 Å². The molecule has 32 heavy (non-hydrogen) atoms. The second-order valence-electron chi connectivity index (χ2n) is 7.77. The summed E-state index contributed by atoms with van der Waals surface area (Å²) in [5.74, 6) is 0.133. The number of halogens is 1. The van der Waals surface area contributed by atoms with Crippen molar-refractivity contribution in [3.05, 3.63) is 92.9 Å². The Morgan fingerprint density at radius 1 is 1.00 bits per heavy atom. The number of hydrogen-bond donors (Lipinski definition) is 0. The number of carbonyl (C=O) groups is 1. The fraction of sp³-hybridized carbons (Fsp3) is 0.200. The minimum Gasteiger partial charge on any atom is -0.293 e. The molecule has 0 fully saturated rings.